The fraction of sp³-hybridized carbons (Fsp3) is 0.444. The van der Waals surface area contributed by atoms with Gasteiger partial charge in [-0.3, -0.25) is 10.1 Å². The molecule has 0 saturated carbocycles. The van der Waals surface area contributed by atoms with Crippen LogP contribution in [0.25, 0.3) is 0 Å². The van der Waals surface area contributed by atoms with Gasteiger partial charge in [-0.1, -0.05) is 0 Å². The Hall–Kier alpha value is -1.69. The molecule has 15 heavy (non-hydrogen) atoms. The first-order valence-corrected chi connectivity index (χ1v) is 4.64. The van der Waals surface area contributed by atoms with E-state index in [1.807, 2.05) is 7.05 Å². The van der Waals surface area contributed by atoms with E-state index in [-0.39, 0.29) is 5.69 Å². The molecule has 1 aromatic rings. The minimum atomic E-state index is -0.403. The van der Waals surface area contributed by atoms with E-state index < -0.39 is 4.92 Å². The molecule has 82 valence electrons. The lowest BCUT2D eigenvalue weighted by Gasteiger charge is -2.05. The number of aryl methyl sites for hydroxylation is 1. The number of nitrogens with one attached hydrogen (secondary N) is 2. The highest BCUT2D eigenvalue weighted by Gasteiger charge is 2.11. The Morgan fingerprint density at radius 2 is 2.27 bits per heavy atom. The van der Waals surface area contributed by atoms with E-state index in [4.69, 9.17) is 0 Å². The molecule has 1 aromatic heterocycles. The molecule has 0 aliphatic heterocycles. The largest absolute Gasteiger partial charge is 0.369 e. The van der Waals surface area contributed by atoms with E-state index in [9.17, 15) is 10.1 Å². The van der Waals surface area contributed by atoms with Crippen molar-refractivity contribution in [2.45, 2.75) is 6.92 Å². The molecule has 0 aromatic carbocycles. The average Bonchev–Trinajstić information content (AvgIpc) is 2.20. The molecule has 6 nitrogen and oxygen atoms in total. The molecule has 0 atom stereocenters. The Balaban J connectivity index is 2.74. The van der Waals surface area contributed by atoms with Crippen molar-refractivity contribution in [1.82, 2.24) is 10.3 Å². The summed E-state index contributed by atoms with van der Waals surface area (Å²) >= 11 is 0. The lowest BCUT2D eigenvalue weighted by Crippen LogP contribution is -2.18. The molecule has 0 unspecified atom stereocenters. The molecular weight excluding hydrogens is 196 g/mol. The number of aromatic nitrogens is 1. The van der Waals surface area contributed by atoms with Crippen LogP contribution in [0.3, 0.4) is 0 Å². The summed E-state index contributed by atoms with van der Waals surface area (Å²) in [6.45, 7) is 3.13. The number of pyridine rings is 1. The number of likely N-dealkylation sites (N-methyl/N-ethyl adjacent to an activating group) is 1. The van der Waals surface area contributed by atoms with Crippen LogP contribution >= 0.6 is 0 Å². The molecule has 0 spiro atoms. The number of hydrogen-bond acceptors (Lipinski definition) is 5. The highest BCUT2D eigenvalue weighted by Crippen LogP contribution is 2.19. The summed E-state index contributed by atoms with van der Waals surface area (Å²) in [7, 11) is 1.84. The second-order valence-corrected chi connectivity index (χ2v) is 3.14. The van der Waals surface area contributed by atoms with Crippen molar-refractivity contribution in [2.24, 2.45) is 0 Å². The SMILES string of the molecule is CNCCNc1cc([N+](=O)[O-])c(C)cn1. The van der Waals surface area contributed by atoms with Crippen LogP contribution in [0.2, 0.25) is 0 Å². The number of anilines is 1. The van der Waals surface area contributed by atoms with Crippen molar-refractivity contribution in [3.63, 3.8) is 0 Å². The molecule has 0 saturated heterocycles. The Kier molecular flexibility index (Phi) is 3.99. The second-order valence-electron chi connectivity index (χ2n) is 3.14. The monoisotopic (exact) mass is 210 g/mol. The van der Waals surface area contributed by atoms with Gasteiger partial charge in [0.2, 0.25) is 0 Å². The first-order chi connectivity index (χ1) is 7.15. The topological polar surface area (TPSA) is 80.1 Å². The van der Waals surface area contributed by atoms with Crippen LogP contribution in [0.15, 0.2) is 12.3 Å². The maximum absolute atomic E-state index is 10.6. The summed E-state index contributed by atoms with van der Waals surface area (Å²) in [5, 5.41) is 16.6. The average molecular weight is 210 g/mol. The van der Waals surface area contributed by atoms with Gasteiger partial charge >= 0.3 is 0 Å². The van der Waals surface area contributed by atoms with Crippen molar-refractivity contribution >= 4 is 11.5 Å². The molecule has 6 heteroatoms. The van der Waals surface area contributed by atoms with Crippen molar-refractivity contribution in [3.8, 4) is 0 Å². The van der Waals surface area contributed by atoms with E-state index in [1.165, 1.54) is 12.3 Å². The van der Waals surface area contributed by atoms with E-state index in [1.54, 1.807) is 6.92 Å². The molecule has 0 amide bonds. The third kappa shape index (κ3) is 3.17. The summed E-state index contributed by atoms with van der Waals surface area (Å²) in [6, 6.07) is 1.45. The Morgan fingerprint density at radius 1 is 1.53 bits per heavy atom. The summed E-state index contributed by atoms with van der Waals surface area (Å²) in [6.07, 6.45) is 1.50. The van der Waals surface area contributed by atoms with Crippen molar-refractivity contribution in [3.05, 3.63) is 27.9 Å². The second kappa shape index (κ2) is 5.26. The van der Waals surface area contributed by atoms with Gasteiger partial charge in [0.05, 0.1) is 11.0 Å². The minimum Gasteiger partial charge on any atom is -0.369 e. The van der Waals surface area contributed by atoms with E-state index >= 15 is 0 Å². The zero-order valence-electron chi connectivity index (χ0n) is 8.78. The quantitative estimate of drug-likeness (QED) is 0.429. The smallest absolute Gasteiger partial charge is 0.277 e. The van der Waals surface area contributed by atoms with E-state index in [0.717, 1.165) is 6.54 Å². The van der Waals surface area contributed by atoms with Crippen molar-refractivity contribution in [2.75, 3.05) is 25.5 Å². The van der Waals surface area contributed by atoms with Crippen LogP contribution in [0, 0.1) is 17.0 Å². The summed E-state index contributed by atoms with van der Waals surface area (Å²) in [5.74, 6) is 0.530. The fourth-order valence-electron chi connectivity index (χ4n) is 1.12. The van der Waals surface area contributed by atoms with Gasteiger partial charge in [0, 0.05) is 24.8 Å². The van der Waals surface area contributed by atoms with Crippen molar-refractivity contribution < 1.29 is 4.92 Å². The predicted octanol–water partition coefficient (Wildman–Crippen LogP) is 0.930. The van der Waals surface area contributed by atoms with Crippen LogP contribution < -0.4 is 10.6 Å². The van der Waals surface area contributed by atoms with Gasteiger partial charge in [0.1, 0.15) is 5.82 Å². The Bertz CT molecular complexity index is 354. The van der Waals surface area contributed by atoms with E-state index in [0.29, 0.717) is 17.9 Å². The first kappa shape index (κ1) is 11.4. The molecule has 1 heterocycles. The molecule has 0 aliphatic carbocycles. The molecule has 0 bridgehead atoms. The standard InChI is InChI=1S/C9H14N4O2/c1-7-6-12-9(11-4-3-10-2)5-8(7)13(14)15/h5-6,10H,3-4H2,1-2H3,(H,11,12). The van der Waals surface area contributed by atoms with Gasteiger partial charge in [-0.2, -0.15) is 0 Å². The third-order valence-corrected chi connectivity index (χ3v) is 1.95. The minimum absolute atomic E-state index is 0.0944. The van der Waals surface area contributed by atoms with E-state index in [2.05, 4.69) is 15.6 Å². The molecule has 0 aliphatic rings. The zero-order valence-corrected chi connectivity index (χ0v) is 8.78. The number of rotatable bonds is 5. The molecule has 2 N–H and O–H groups in total. The van der Waals surface area contributed by atoms with Gasteiger partial charge in [0.25, 0.3) is 5.69 Å². The molecule has 0 fully saturated rings. The number of nitrogens with zero attached hydrogens (tertiary/aromatic N) is 2. The third-order valence-electron chi connectivity index (χ3n) is 1.95. The highest BCUT2D eigenvalue weighted by atomic mass is 16.6. The Labute approximate surface area is 87.9 Å². The van der Waals surface area contributed by atoms with Gasteiger partial charge in [-0.05, 0) is 14.0 Å². The molecular formula is C9H14N4O2. The Morgan fingerprint density at radius 3 is 2.87 bits per heavy atom. The summed E-state index contributed by atoms with van der Waals surface area (Å²) in [4.78, 5) is 14.3. The fourth-order valence-corrected chi connectivity index (χ4v) is 1.12. The summed E-state index contributed by atoms with van der Waals surface area (Å²) in [5.41, 5.74) is 0.663. The first-order valence-electron chi connectivity index (χ1n) is 4.64. The van der Waals surface area contributed by atoms with Gasteiger partial charge in [-0.15, -0.1) is 0 Å². The van der Waals surface area contributed by atoms with Crippen LogP contribution in [0.1, 0.15) is 5.56 Å². The highest BCUT2D eigenvalue weighted by molar-refractivity contribution is 5.48. The maximum atomic E-state index is 10.6. The molecule has 1 rings (SSSR count). The molecule has 0 radical (unpaired) electrons. The lowest BCUT2D eigenvalue weighted by atomic mass is 10.2. The van der Waals surface area contributed by atoms with Crippen LogP contribution in [-0.4, -0.2) is 30.0 Å². The normalized spacial score (nSPS) is 10.0. The number of hydrogen-bond donors (Lipinski definition) is 2. The maximum Gasteiger partial charge on any atom is 0.277 e. The van der Waals surface area contributed by atoms with Crippen molar-refractivity contribution in [1.29, 1.82) is 0 Å². The van der Waals surface area contributed by atoms with Crippen LogP contribution in [0.4, 0.5) is 11.5 Å². The van der Waals surface area contributed by atoms with Gasteiger partial charge < -0.3 is 10.6 Å². The zero-order chi connectivity index (χ0) is 11.3. The van der Waals surface area contributed by atoms with Crippen LogP contribution in [0.5, 0.6) is 0 Å². The van der Waals surface area contributed by atoms with Gasteiger partial charge in [0.15, 0.2) is 0 Å². The van der Waals surface area contributed by atoms with Crippen LogP contribution in [-0.2, 0) is 0 Å². The van der Waals surface area contributed by atoms with Gasteiger partial charge in [-0.25, -0.2) is 4.98 Å². The number of nitro groups is 1. The summed E-state index contributed by atoms with van der Waals surface area (Å²) < 4.78 is 0. The predicted molar refractivity (Wildman–Crippen MR) is 58.0 cm³/mol. The lowest BCUT2D eigenvalue weighted by molar-refractivity contribution is -0.385.